The molecule has 3 aliphatic rings. The number of carbonyl (C=O) groups excluding carboxylic acids is 2. The molecule has 200 valence electrons. The van der Waals surface area contributed by atoms with Crippen molar-refractivity contribution in [3.63, 3.8) is 0 Å². The van der Waals surface area contributed by atoms with Gasteiger partial charge in [0.05, 0.1) is 46.4 Å². The predicted octanol–water partition coefficient (Wildman–Crippen LogP) is 4.05. The van der Waals surface area contributed by atoms with Crippen LogP contribution >= 0.6 is 11.3 Å². The monoisotopic (exact) mass is 534 g/mol. The topological polar surface area (TPSA) is 114 Å². The molecule has 2 fully saturated rings. The average Bonchev–Trinajstić information content (AvgIpc) is 3.58. The fourth-order valence-electron chi connectivity index (χ4n) is 5.93. The van der Waals surface area contributed by atoms with Crippen molar-refractivity contribution in [2.75, 3.05) is 37.7 Å². The third-order valence-electron chi connectivity index (χ3n) is 8.23. The number of nitrogen functional groups attached to an aromatic ring is 1. The lowest BCUT2D eigenvalue weighted by Gasteiger charge is -2.38. The number of aromatic nitrogens is 2. The van der Waals surface area contributed by atoms with Gasteiger partial charge in [0, 0.05) is 23.6 Å². The second kappa shape index (κ2) is 10.2. The van der Waals surface area contributed by atoms with E-state index in [-0.39, 0.29) is 6.04 Å². The van der Waals surface area contributed by atoms with Gasteiger partial charge in [0.15, 0.2) is 0 Å². The van der Waals surface area contributed by atoms with E-state index in [9.17, 15) is 9.59 Å². The lowest BCUT2D eigenvalue weighted by atomic mass is 9.89. The maximum absolute atomic E-state index is 13.5. The first-order valence-corrected chi connectivity index (χ1v) is 14.2. The number of thiazole rings is 1. The van der Waals surface area contributed by atoms with Crippen LogP contribution in [0.4, 0.5) is 11.5 Å². The van der Waals surface area contributed by atoms with Crippen LogP contribution in [0.15, 0.2) is 24.4 Å². The Morgan fingerprint density at radius 1 is 1.13 bits per heavy atom. The summed E-state index contributed by atoms with van der Waals surface area (Å²) in [4.78, 5) is 40.0. The summed E-state index contributed by atoms with van der Waals surface area (Å²) < 4.78 is 6.67. The number of pyridine rings is 1. The number of piperidine rings is 2. The van der Waals surface area contributed by atoms with E-state index in [0.717, 1.165) is 61.0 Å². The van der Waals surface area contributed by atoms with Crippen molar-refractivity contribution in [1.82, 2.24) is 19.8 Å². The molecule has 2 atom stereocenters. The Hall–Kier alpha value is -3.08. The first-order valence-electron chi connectivity index (χ1n) is 13.4. The number of hydrogen-bond donors (Lipinski definition) is 2. The van der Waals surface area contributed by atoms with Crippen molar-refractivity contribution in [3.8, 4) is 0 Å². The van der Waals surface area contributed by atoms with Gasteiger partial charge in [-0.2, -0.15) is 0 Å². The van der Waals surface area contributed by atoms with Crippen LogP contribution in [0.1, 0.15) is 66.3 Å². The lowest BCUT2D eigenvalue weighted by molar-refractivity contribution is -0.146. The smallest absolute Gasteiger partial charge is 0.313 e. The summed E-state index contributed by atoms with van der Waals surface area (Å²) in [7, 11) is 2.17. The SMILES string of the molecule is C[C@H]1CC[C@H](c2ccc3sc(C4CCN(C)CC4)nc3c2)N(C(=O)C(=O)Nc2cnc(N)c3c2COC3)C1. The normalized spacial score (nSPS) is 22.5. The molecule has 0 unspecified atom stereocenters. The second-order valence-electron chi connectivity index (χ2n) is 11.0. The highest BCUT2D eigenvalue weighted by molar-refractivity contribution is 7.18. The van der Waals surface area contributed by atoms with Gasteiger partial charge in [0.1, 0.15) is 5.82 Å². The van der Waals surface area contributed by atoms with Gasteiger partial charge < -0.3 is 25.6 Å². The number of benzene rings is 1. The first-order chi connectivity index (χ1) is 18.4. The van der Waals surface area contributed by atoms with E-state index in [1.807, 2.05) is 0 Å². The first kappa shape index (κ1) is 25.2. The Bertz CT molecular complexity index is 1380. The number of fused-ring (bicyclic) bond motifs is 2. The maximum atomic E-state index is 13.5. The summed E-state index contributed by atoms with van der Waals surface area (Å²) in [5.74, 6) is 0.0283. The van der Waals surface area contributed by atoms with Gasteiger partial charge >= 0.3 is 11.8 Å². The van der Waals surface area contributed by atoms with Gasteiger partial charge in [-0.1, -0.05) is 13.0 Å². The minimum atomic E-state index is -0.663. The molecule has 0 saturated carbocycles. The van der Waals surface area contributed by atoms with Crippen LogP contribution in [0.5, 0.6) is 0 Å². The summed E-state index contributed by atoms with van der Waals surface area (Å²) in [5.41, 5.74) is 10.0. The summed E-state index contributed by atoms with van der Waals surface area (Å²) in [5, 5.41) is 4.00. The maximum Gasteiger partial charge on any atom is 0.313 e. The zero-order valence-corrected chi connectivity index (χ0v) is 22.7. The Balaban J connectivity index is 1.23. The summed E-state index contributed by atoms with van der Waals surface area (Å²) >= 11 is 1.79. The van der Waals surface area contributed by atoms with Crippen LogP contribution in [-0.4, -0.2) is 58.3 Å². The largest absolute Gasteiger partial charge is 0.383 e. The molecule has 0 spiro atoms. The zero-order valence-electron chi connectivity index (χ0n) is 21.9. The van der Waals surface area contributed by atoms with E-state index >= 15 is 0 Å². The summed E-state index contributed by atoms with van der Waals surface area (Å²) in [6, 6.07) is 6.19. The molecule has 2 amide bonds. The molecular formula is C28H34N6O3S. The van der Waals surface area contributed by atoms with Crippen molar-refractivity contribution in [3.05, 3.63) is 46.1 Å². The van der Waals surface area contributed by atoms with E-state index < -0.39 is 11.8 Å². The lowest BCUT2D eigenvalue weighted by Crippen LogP contribution is -2.46. The van der Waals surface area contributed by atoms with E-state index in [4.69, 9.17) is 15.5 Å². The fourth-order valence-corrected chi connectivity index (χ4v) is 7.04. The van der Waals surface area contributed by atoms with Crippen molar-refractivity contribution in [2.45, 2.75) is 57.8 Å². The van der Waals surface area contributed by atoms with Crippen LogP contribution in [0, 0.1) is 5.92 Å². The highest BCUT2D eigenvalue weighted by Crippen LogP contribution is 2.38. The van der Waals surface area contributed by atoms with E-state index in [1.54, 1.807) is 16.2 Å². The molecular weight excluding hydrogens is 500 g/mol. The van der Waals surface area contributed by atoms with Gasteiger partial charge in [-0.3, -0.25) is 9.59 Å². The van der Waals surface area contributed by atoms with Crippen molar-refractivity contribution in [2.24, 2.45) is 5.92 Å². The highest BCUT2D eigenvalue weighted by atomic mass is 32.1. The highest BCUT2D eigenvalue weighted by Gasteiger charge is 2.35. The average molecular weight is 535 g/mol. The quantitative estimate of drug-likeness (QED) is 0.487. The number of anilines is 2. The summed E-state index contributed by atoms with van der Waals surface area (Å²) in [6.07, 6.45) is 5.59. The number of hydrogen-bond acceptors (Lipinski definition) is 8. The van der Waals surface area contributed by atoms with Crippen LogP contribution in [-0.2, 0) is 27.5 Å². The molecule has 2 saturated heterocycles. The molecule has 0 radical (unpaired) electrons. The number of rotatable bonds is 3. The molecule has 2 aromatic heterocycles. The van der Waals surface area contributed by atoms with Crippen molar-refractivity contribution in [1.29, 1.82) is 0 Å². The third-order valence-corrected chi connectivity index (χ3v) is 9.42. The number of likely N-dealkylation sites (tertiary alicyclic amines) is 2. The van der Waals surface area contributed by atoms with Gasteiger partial charge in [-0.25, -0.2) is 9.97 Å². The van der Waals surface area contributed by atoms with Gasteiger partial charge in [0.2, 0.25) is 0 Å². The number of nitrogens with one attached hydrogen (secondary N) is 1. The molecule has 3 aliphatic heterocycles. The van der Waals surface area contributed by atoms with Crippen molar-refractivity contribution >= 4 is 44.9 Å². The Labute approximate surface area is 226 Å². The molecule has 0 bridgehead atoms. The molecule has 9 nitrogen and oxygen atoms in total. The number of carbonyl (C=O) groups is 2. The van der Waals surface area contributed by atoms with Crippen LogP contribution < -0.4 is 11.1 Å². The van der Waals surface area contributed by atoms with Crippen LogP contribution in [0.2, 0.25) is 0 Å². The predicted molar refractivity (Wildman–Crippen MR) is 148 cm³/mol. The summed E-state index contributed by atoms with van der Waals surface area (Å²) in [6.45, 7) is 5.56. The van der Waals surface area contributed by atoms with Crippen LogP contribution in [0.25, 0.3) is 10.2 Å². The number of ether oxygens (including phenoxy) is 1. The zero-order chi connectivity index (χ0) is 26.4. The van der Waals surface area contributed by atoms with E-state index in [2.05, 4.69) is 47.4 Å². The molecule has 0 aliphatic carbocycles. The van der Waals surface area contributed by atoms with E-state index in [0.29, 0.717) is 43.1 Å². The van der Waals surface area contributed by atoms with E-state index in [1.165, 1.54) is 15.9 Å². The second-order valence-corrected chi connectivity index (χ2v) is 12.0. The minimum Gasteiger partial charge on any atom is -0.383 e. The minimum absolute atomic E-state index is 0.166. The third kappa shape index (κ3) is 4.76. The van der Waals surface area contributed by atoms with Crippen LogP contribution in [0.3, 0.4) is 0 Å². The molecule has 5 heterocycles. The molecule has 1 aromatic carbocycles. The Morgan fingerprint density at radius 3 is 2.74 bits per heavy atom. The Morgan fingerprint density at radius 2 is 1.92 bits per heavy atom. The van der Waals surface area contributed by atoms with Gasteiger partial charge in [-0.05, 0) is 69.4 Å². The number of amides is 2. The molecule has 38 heavy (non-hydrogen) atoms. The molecule has 10 heteroatoms. The van der Waals surface area contributed by atoms with Crippen molar-refractivity contribution < 1.29 is 14.3 Å². The standard InChI is InChI=1S/C28H34N6O3S/c1-16-3-5-23(18-4-6-24-21(11-18)32-27(38-24)17-7-9-33(2)10-8-17)34(13-16)28(36)26(35)31-22-12-30-25(29)20-15-37-14-19(20)22/h4,6,11-12,16-17,23H,3,5,7-10,13-15H2,1-2H3,(H2,29,30)(H,31,35)/t16-,23+/m0/s1. The molecule has 3 N–H and O–H groups in total. The fraction of sp³-hybridized carbons (Fsp3) is 0.500. The van der Waals surface area contributed by atoms with Gasteiger partial charge in [0.25, 0.3) is 0 Å². The number of nitrogens with zero attached hydrogens (tertiary/aromatic N) is 4. The Kier molecular flexibility index (Phi) is 6.79. The number of nitrogens with two attached hydrogens (primary N) is 1. The molecule has 3 aromatic rings. The van der Waals surface area contributed by atoms with Gasteiger partial charge in [-0.15, -0.1) is 11.3 Å². The molecule has 6 rings (SSSR count).